The number of hydrogen-bond donors (Lipinski definition) is 1. The fraction of sp³-hybridized carbons (Fsp3) is 0.391. The van der Waals surface area contributed by atoms with Crippen LogP contribution in [-0.4, -0.2) is 50.5 Å². The van der Waals surface area contributed by atoms with Crippen molar-refractivity contribution in [3.8, 4) is 0 Å². The summed E-state index contributed by atoms with van der Waals surface area (Å²) in [6, 6.07) is 8.69. The highest BCUT2D eigenvalue weighted by Gasteiger charge is 2.30. The quantitative estimate of drug-likeness (QED) is 0.468. The van der Waals surface area contributed by atoms with Crippen molar-refractivity contribution in [3.63, 3.8) is 0 Å². The molecule has 0 radical (unpaired) electrons. The second-order valence-corrected chi connectivity index (χ2v) is 11.1. The van der Waals surface area contributed by atoms with Crippen LogP contribution in [0.1, 0.15) is 31.4 Å². The molecule has 2 rings (SSSR count). The number of hydrogen-bond acceptors (Lipinski definition) is 4. The Morgan fingerprint density at radius 3 is 2.29 bits per heavy atom. The van der Waals surface area contributed by atoms with Crippen molar-refractivity contribution in [1.29, 1.82) is 0 Å². The number of benzene rings is 2. The molecule has 0 aliphatic rings. The first-order valence-corrected chi connectivity index (χ1v) is 13.6. The maximum atomic E-state index is 13.5. The molecule has 0 saturated heterocycles. The van der Waals surface area contributed by atoms with Gasteiger partial charge < -0.3 is 10.2 Å². The molecule has 0 bridgehead atoms. The van der Waals surface area contributed by atoms with Crippen LogP contribution < -0.4 is 9.62 Å². The van der Waals surface area contributed by atoms with Crippen LogP contribution in [0.15, 0.2) is 36.4 Å². The zero-order valence-corrected chi connectivity index (χ0v) is 22.5. The Morgan fingerprint density at radius 1 is 1.06 bits per heavy atom. The summed E-state index contributed by atoms with van der Waals surface area (Å²) in [5, 5.41) is 3.90. The summed E-state index contributed by atoms with van der Waals surface area (Å²) in [5.74, 6) is -0.933. The number of nitrogens with one attached hydrogen (secondary N) is 1. The third-order valence-corrected chi connectivity index (χ3v) is 7.33. The molecule has 186 valence electrons. The van der Waals surface area contributed by atoms with Crippen LogP contribution in [0.4, 0.5) is 5.69 Å². The van der Waals surface area contributed by atoms with Crippen LogP contribution in [0.25, 0.3) is 0 Å². The molecule has 1 N–H and O–H groups in total. The van der Waals surface area contributed by atoms with Crippen LogP contribution >= 0.6 is 34.8 Å². The Morgan fingerprint density at radius 2 is 1.74 bits per heavy atom. The van der Waals surface area contributed by atoms with Crippen molar-refractivity contribution in [3.05, 3.63) is 62.6 Å². The molecule has 0 saturated carbocycles. The first-order valence-electron chi connectivity index (χ1n) is 10.6. The number of anilines is 1. The molecule has 2 amide bonds. The number of carbonyl (C=O) groups excluding carboxylic acids is 2. The molecule has 2 aromatic carbocycles. The van der Waals surface area contributed by atoms with E-state index < -0.39 is 28.5 Å². The third kappa shape index (κ3) is 7.50. The fourth-order valence-corrected chi connectivity index (χ4v) is 4.65. The highest BCUT2D eigenvalue weighted by Crippen LogP contribution is 2.26. The maximum Gasteiger partial charge on any atom is 0.244 e. The molecule has 34 heavy (non-hydrogen) atoms. The van der Waals surface area contributed by atoms with Crippen molar-refractivity contribution in [2.75, 3.05) is 23.7 Å². The van der Waals surface area contributed by atoms with Gasteiger partial charge in [-0.05, 0) is 55.7 Å². The molecule has 11 heteroatoms. The molecule has 1 unspecified atom stereocenters. The van der Waals surface area contributed by atoms with E-state index in [4.69, 9.17) is 34.8 Å². The molecule has 1 atom stereocenters. The Labute approximate surface area is 216 Å². The predicted molar refractivity (Wildman–Crippen MR) is 138 cm³/mol. The van der Waals surface area contributed by atoms with Gasteiger partial charge in [-0.1, -0.05) is 53.9 Å². The second kappa shape index (κ2) is 12.1. The van der Waals surface area contributed by atoms with Gasteiger partial charge in [-0.15, -0.1) is 0 Å². The summed E-state index contributed by atoms with van der Waals surface area (Å²) in [5.41, 5.74) is 1.59. The summed E-state index contributed by atoms with van der Waals surface area (Å²) >= 11 is 18.5. The standard InChI is InChI=1S/C23H28Cl3N3O4S/c1-5-10-27-23(31)16(3)28(13-17-7-8-18(24)11-21(17)26)22(30)14-29(34(4,32)33)19-9-6-15(2)20(25)12-19/h6-9,11-12,16H,5,10,13-14H2,1-4H3,(H,27,31). The molecule has 0 spiro atoms. The summed E-state index contributed by atoms with van der Waals surface area (Å²) in [4.78, 5) is 27.5. The molecular weight excluding hydrogens is 521 g/mol. The van der Waals surface area contributed by atoms with E-state index in [0.29, 0.717) is 27.2 Å². The van der Waals surface area contributed by atoms with Crippen molar-refractivity contribution in [2.45, 2.75) is 39.8 Å². The van der Waals surface area contributed by atoms with E-state index in [2.05, 4.69) is 5.32 Å². The van der Waals surface area contributed by atoms with Crippen LogP contribution in [-0.2, 0) is 26.2 Å². The molecule has 0 aliphatic heterocycles. The van der Waals surface area contributed by atoms with E-state index in [1.807, 2.05) is 6.92 Å². The largest absolute Gasteiger partial charge is 0.354 e. The van der Waals surface area contributed by atoms with Crippen LogP contribution in [0.3, 0.4) is 0 Å². The fourth-order valence-electron chi connectivity index (χ4n) is 3.16. The average molecular weight is 549 g/mol. The Hall–Kier alpha value is -2.00. The smallest absolute Gasteiger partial charge is 0.244 e. The second-order valence-electron chi connectivity index (χ2n) is 7.93. The number of halogens is 3. The lowest BCUT2D eigenvalue weighted by Crippen LogP contribution is -2.51. The zero-order valence-electron chi connectivity index (χ0n) is 19.4. The maximum absolute atomic E-state index is 13.5. The minimum atomic E-state index is -3.84. The number of rotatable bonds is 10. The van der Waals surface area contributed by atoms with Gasteiger partial charge in [0, 0.05) is 28.2 Å². The minimum Gasteiger partial charge on any atom is -0.354 e. The molecule has 7 nitrogen and oxygen atoms in total. The third-order valence-electron chi connectivity index (χ3n) is 5.19. The van der Waals surface area contributed by atoms with Crippen LogP contribution in [0.5, 0.6) is 0 Å². The number of aryl methyl sites for hydroxylation is 1. The van der Waals surface area contributed by atoms with Gasteiger partial charge in [-0.2, -0.15) is 0 Å². The van der Waals surface area contributed by atoms with E-state index >= 15 is 0 Å². The lowest BCUT2D eigenvalue weighted by Gasteiger charge is -2.31. The molecule has 0 aliphatic carbocycles. The van der Waals surface area contributed by atoms with Crippen molar-refractivity contribution in [1.82, 2.24) is 10.2 Å². The normalized spacial score (nSPS) is 12.2. The molecule has 2 aromatic rings. The molecular formula is C23H28Cl3N3O4S. The van der Waals surface area contributed by atoms with E-state index in [0.717, 1.165) is 22.5 Å². The average Bonchev–Trinajstić information content (AvgIpc) is 2.75. The van der Waals surface area contributed by atoms with Gasteiger partial charge in [-0.25, -0.2) is 8.42 Å². The topological polar surface area (TPSA) is 86.8 Å². The molecule has 0 fully saturated rings. The SMILES string of the molecule is CCCNC(=O)C(C)N(Cc1ccc(Cl)cc1Cl)C(=O)CN(c1ccc(C)c(Cl)c1)S(C)(=O)=O. The Kier molecular flexibility index (Phi) is 10.1. The first kappa shape index (κ1) is 28.2. The number of carbonyl (C=O) groups is 2. The lowest BCUT2D eigenvalue weighted by molar-refractivity contribution is -0.139. The van der Waals surface area contributed by atoms with Gasteiger partial charge in [0.1, 0.15) is 12.6 Å². The highest BCUT2D eigenvalue weighted by atomic mass is 35.5. The summed E-state index contributed by atoms with van der Waals surface area (Å²) in [7, 11) is -3.84. The van der Waals surface area contributed by atoms with E-state index in [1.165, 1.54) is 11.0 Å². The van der Waals surface area contributed by atoms with Crippen LogP contribution in [0.2, 0.25) is 15.1 Å². The Bertz CT molecular complexity index is 1160. The first-order chi connectivity index (χ1) is 15.8. The van der Waals surface area contributed by atoms with E-state index in [-0.39, 0.29) is 18.1 Å². The molecule has 0 aromatic heterocycles. The van der Waals surface area contributed by atoms with Gasteiger partial charge in [0.2, 0.25) is 21.8 Å². The number of nitrogens with zero attached hydrogens (tertiary/aromatic N) is 2. The predicted octanol–water partition coefficient (Wildman–Crippen LogP) is 4.66. The van der Waals surface area contributed by atoms with Crippen molar-refractivity contribution in [2.24, 2.45) is 0 Å². The number of sulfonamides is 1. The lowest BCUT2D eigenvalue weighted by atomic mass is 10.1. The van der Waals surface area contributed by atoms with Crippen LogP contribution in [0, 0.1) is 6.92 Å². The van der Waals surface area contributed by atoms with Gasteiger partial charge in [0.05, 0.1) is 11.9 Å². The van der Waals surface area contributed by atoms with Crippen molar-refractivity contribution < 1.29 is 18.0 Å². The van der Waals surface area contributed by atoms with Gasteiger partial charge in [0.15, 0.2) is 0 Å². The summed E-state index contributed by atoms with van der Waals surface area (Å²) < 4.78 is 26.1. The molecule has 0 heterocycles. The minimum absolute atomic E-state index is 0.0121. The Balaban J connectivity index is 2.42. The van der Waals surface area contributed by atoms with Gasteiger partial charge >= 0.3 is 0 Å². The summed E-state index contributed by atoms with van der Waals surface area (Å²) in [6.45, 7) is 5.20. The van der Waals surface area contributed by atoms with Gasteiger partial charge in [-0.3, -0.25) is 13.9 Å². The van der Waals surface area contributed by atoms with Gasteiger partial charge in [0.25, 0.3) is 0 Å². The van der Waals surface area contributed by atoms with Crippen molar-refractivity contribution >= 4 is 62.3 Å². The van der Waals surface area contributed by atoms with E-state index in [1.54, 1.807) is 44.2 Å². The zero-order chi connectivity index (χ0) is 25.6. The highest BCUT2D eigenvalue weighted by molar-refractivity contribution is 7.92. The summed E-state index contributed by atoms with van der Waals surface area (Å²) in [6.07, 6.45) is 1.73. The monoisotopic (exact) mass is 547 g/mol. The van der Waals surface area contributed by atoms with E-state index in [9.17, 15) is 18.0 Å². The number of amides is 2.